The van der Waals surface area contributed by atoms with Crippen molar-refractivity contribution in [3.63, 3.8) is 0 Å². The molecule has 0 unspecified atom stereocenters. The molecule has 2 aromatic rings. The summed E-state index contributed by atoms with van der Waals surface area (Å²) < 4.78 is 0. The normalized spacial score (nSPS) is 9.95. The van der Waals surface area contributed by atoms with Crippen molar-refractivity contribution in [3.05, 3.63) is 41.2 Å². The minimum atomic E-state index is 0.492. The Morgan fingerprint density at radius 1 is 1.10 bits per heavy atom. The Hall–Kier alpha value is -2.61. The highest BCUT2D eigenvalue weighted by Gasteiger charge is 2.12. The first-order valence-electron chi connectivity index (χ1n) is 6.31. The van der Waals surface area contributed by atoms with Gasteiger partial charge in [-0.15, -0.1) is 0 Å². The molecule has 1 heterocycles. The molecule has 0 radical (unpaired) electrons. The molecule has 5 nitrogen and oxygen atoms in total. The molecule has 2 rings (SSSR count). The van der Waals surface area contributed by atoms with Gasteiger partial charge in [0.05, 0.1) is 0 Å². The van der Waals surface area contributed by atoms with E-state index in [1.165, 1.54) is 23.0 Å². The van der Waals surface area contributed by atoms with E-state index in [4.69, 9.17) is 5.26 Å². The van der Waals surface area contributed by atoms with E-state index in [-0.39, 0.29) is 0 Å². The second-order valence-corrected chi connectivity index (χ2v) is 4.80. The van der Waals surface area contributed by atoms with Crippen LogP contribution >= 0.6 is 0 Å². The lowest BCUT2D eigenvalue weighted by molar-refractivity contribution is 1.06. The Bertz CT molecular complexity index is 649. The molecular formula is C15H17N5. The molecule has 0 aliphatic heterocycles. The third-order valence-corrected chi connectivity index (χ3v) is 3.15. The number of benzene rings is 1. The van der Waals surface area contributed by atoms with Crippen LogP contribution in [0.4, 0.5) is 17.3 Å². The van der Waals surface area contributed by atoms with E-state index in [1.54, 1.807) is 6.07 Å². The lowest BCUT2D eigenvalue weighted by Crippen LogP contribution is -2.14. The van der Waals surface area contributed by atoms with Crippen molar-refractivity contribution in [3.8, 4) is 6.19 Å². The number of nitriles is 1. The number of rotatable bonds is 3. The number of hydrogen-bond donors (Lipinski definition) is 1. The topological polar surface area (TPSA) is 64.8 Å². The first kappa shape index (κ1) is 13.8. The monoisotopic (exact) mass is 267 g/mol. The van der Waals surface area contributed by atoms with Gasteiger partial charge in [0.2, 0.25) is 0 Å². The summed E-state index contributed by atoms with van der Waals surface area (Å²) in [5.74, 6) is 1.24. The summed E-state index contributed by atoms with van der Waals surface area (Å²) in [6.07, 6.45) is 3.31. The third kappa shape index (κ3) is 2.69. The fourth-order valence-electron chi connectivity index (χ4n) is 2.47. The molecule has 0 saturated heterocycles. The predicted molar refractivity (Wildman–Crippen MR) is 80.0 cm³/mol. The zero-order chi connectivity index (χ0) is 14.7. The average Bonchev–Trinajstić information content (AvgIpc) is 2.38. The van der Waals surface area contributed by atoms with Crippen molar-refractivity contribution >= 4 is 17.3 Å². The minimum Gasteiger partial charge on any atom is -0.329 e. The van der Waals surface area contributed by atoms with Gasteiger partial charge < -0.3 is 4.90 Å². The van der Waals surface area contributed by atoms with Crippen LogP contribution in [0.15, 0.2) is 24.5 Å². The van der Waals surface area contributed by atoms with Gasteiger partial charge in [-0.3, -0.25) is 5.32 Å². The van der Waals surface area contributed by atoms with Crippen LogP contribution in [0, 0.1) is 32.2 Å². The summed E-state index contributed by atoms with van der Waals surface area (Å²) in [6.45, 7) is 6.26. The van der Waals surface area contributed by atoms with Crippen molar-refractivity contribution in [1.29, 1.82) is 5.26 Å². The maximum absolute atomic E-state index is 8.65. The van der Waals surface area contributed by atoms with Crippen LogP contribution in [-0.2, 0) is 0 Å². The van der Waals surface area contributed by atoms with Gasteiger partial charge in [-0.25, -0.2) is 9.97 Å². The molecule has 0 bridgehead atoms. The fourth-order valence-corrected chi connectivity index (χ4v) is 2.47. The van der Waals surface area contributed by atoms with Gasteiger partial charge in [0.1, 0.15) is 18.0 Å². The van der Waals surface area contributed by atoms with Gasteiger partial charge in [-0.1, -0.05) is 17.7 Å². The van der Waals surface area contributed by atoms with Gasteiger partial charge >= 0.3 is 0 Å². The standard InChI is InChI=1S/C15H17N5/c1-10-5-11(2)15(12(3)6-10)20(4)14-7-13(17-8-16)18-9-19-14/h5-7,9H,1-4H3,(H,17,18,19). The SMILES string of the molecule is Cc1cc(C)c(N(C)c2cc(NC#N)ncn2)c(C)c1. The van der Waals surface area contributed by atoms with Crippen molar-refractivity contribution in [2.45, 2.75) is 20.8 Å². The second-order valence-electron chi connectivity index (χ2n) is 4.80. The first-order chi connectivity index (χ1) is 9.52. The van der Waals surface area contributed by atoms with Gasteiger partial charge in [0, 0.05) is 18.8 Å². The van der Waals surface area contributed by atoms with E-state index in [0.717, 1.165) is 11.5 Å². The van der Waals surface area contributed by atoms with Crippen LogP contribution in [0.5, 0.6) is 0 Å². The fraction of sp³-hybridized carbons (Fsp3) is 0.267. The summed E-state index contributed by atoms with van der Waals surface area (Å²) >= 11 is 0. The van der Waals surface area contributed by atoms with E-state index >= 15 is 0 Å². The number of nitrogens with one attached hydrogen (secondary N) is 1. The van der Waals surface area contributed by atoms with Crippen LogP contribution < -0.4 is 10.2 Å². The molecule has 1 N–H and O–H groups in total. The molecule has 102 valence electrons. The van der Waals surface area contributed by atoms with E-state index in [9.17, 15) is 0 Å². The number of nitrogens with zero attached hydrogens (tertiary/aromatic N) is 4. The molecule has 0 atom stereocenters. The molecule has 0 aliphatic rings. The third-order valence-electron chi connectivity index (χ3n) is 3.15. The summed E-state index contributed by atoms with van der Waals surface area (Å²) in [4.78, 5) is 10.3. The van der Waals surface area contributed by atoms with Crippen LogP contribution in [0.25, 0.3) is 0 Å². The largest absolute Gasteiger partial charge is 0.329 e. The maximum Gasteiger partial charge on any atom is 0.182 e. The highest BCUT2D eigenvalue weighted by atomic mass is 15.2. The second kappa shape index (κ2) is 5.57. The smallest absolute Gasteiger partial charge is 0.182 e. The number of hydrogen-bond acceptors (Lipinski definition) is 5. The molecule has 0 amide bonds. The molecule has 0 spiro atoms. The van der Waals surface area contributed by atoms with Gasteiger partial charge in [0.15, 0.2) is 6.19 Å². The summed E-state index contributed by atoms with van der Waals surface area (Å²) in [7, 11) is 1.96. The van der Waals surface area contributed by atoms with E-state index in [1.807, 2.05) is 18.1 Å². The van der Waals surface area contributed by atoms with Crippen LogP contribution in [0.2, 0.25) is 0 Å². The number of anilines is 3. The summed E-state index contributed by atoms with van der Waals surface area (Å²) in [5.41, 5.74) is 4.75. The molecule has 0 aliphatic carbocycles. The van der Waals surface area contributed by atoms with Gasteiger partial charge in [0.25, 0.3) is 0 Å². The Balaban J connectivity index is 2.44. The molecule has 1 aromatic carbocycles. The molecule has 20 heavy (non-hydrogen) atoms. The number of aromatic nitrogens is 2. The van der Waals surface area contributed by atoms with E-state index in [2.05, 4.69) is 48.2 Å². The Kier molecular flexibility index (Phi) is 3.85. The molecule has 1 aromatic heterocycles. The van der Waals surface area contributed by atoms with Crippen molar-refractivity contribution in [2.75, 3.05) is 17.3 Å². The lowest BCUT2D eigenvalue weighted by Gasteiger charge is -2.23. The average molecular weight is 267 g/mol. The summed E-state index contributed by atoms with van der Waals surface area (Å²) in [6, 6.07) is 6.05. The molecule has 0 saturated carbocycles. The van der Waals surface area contributed by atoms with E-state index < -0.39 is 0 Å². The van der Waals surface area contributed by atoms with Crippen molar-refractivity contribution in [2.24, 2.45) is 0 Å². The lowest BCUT2D eigenvalue weighted by atomic mass is 10.0. The quantitative estimate of drug-likeness (QED) is 0.684. The zero-order valence-electron chi connectivity index (χ0n) is 12.1. The minimum absolute atomic E-state index is 0.492. The van der Waals surface area contributed by atoms with Crippen LogP contribution in [0.1, 0.15) is 16.7 Å². The van der Waals surface area contributed by atoms with E-state index in [0.29, 0.717) is 5.82 Å². The van der Waals surface area contributed by atoms with Crippen molar-refractivity contribution in [1.82, 2.24) is 9.97 Å². The Morgan fingerprint density at radius 2 is 1.75 bits per heavy atom. The zero-order valence-corrected chi connectivity index (χ0v) is 12.1. The Labute approximate surface area is 118 Å². The molecular weight excluding hydrogens is 250 g/mol. The predicted octanol–water partition coefficient (Wildman–Crippen LogP) is 3.06. The highest BCUT2D eigenvalue weighted by molar-refractivity contribution is 5.68. The molecule has 5 heteroatoms. The first-order valence-corrected chi connectivity index (χ1v) is 6.31. The van der Waals surface area contributed by atoms with Crippen LogP contribution in [-0.4, -0.2) is 17.0 Å². The Morgan fingerprint density at radius 3 is 2.35 bits per heavy atom. The maximum atomic E-state index is 8.65. The van der Waals surface area contributed by atoms with Crippen LogP contribution in [0.3, 0.4) is 0 Å². The molecule has 0 fully saturated rings. The highest BCUT2D eigenvalue weighted by Crippen LogP contribution is 2.30. The van der Waals surface area contributed by atoms with Gasteiger partial charge in [-0.2, -0.15) is 5.26 Å². The van der Waals surface area contributed by atoms with Crippen molar-refractivity contribution < 1.29 is 0 Å². The van der Waals surface area contributed by atoms with Gasteiger partial charge in [-0.05, 0) is 31.9 Å². The summed E-state index contributed by atoms with van der Waals surface area (Å²) in [5, 5.41) is 11.2. The number of aryl methyl sites for hydroxylation is 3.